The normalized spacial score (nSPS) is 17.3. The molecule has 1 aromatic rings. The van der Waals surface area contributed by atoms with Crippen molar-refractivity contribution < 1.29 is 9.13 Å². The predicted octanol–water partition coefficient (Wildman–Crippen LogP) is 2.63. The SMILES string of the molecule is COCC1=CCN(c2c(F)cccc2[C@@H](C)N)CC1. The summed E-state index contributed by atoms with van der Waals surface area (Å²) in [6.45, 7) is 4.05. The molecule has 104 valence electrons. The summed E-state index contributed by atoms with van der Waals surface area (Å²) in [5.41, 5.74) is 8.72. The Bertz CT molecular complexity index is 471. The van der Waals surface area contributed by atoms with Gasteiger partial charge in [0.1, 0.15) is 5.82 Å². The van der Waals surface area contributed by atoms with E-state index in [2.05, 4.69) is 6.08 Å². The Morgan fingerprint density at radius 1 is 1.47 bits per heavy atom. The summed E-state index contributed by atoms with van der Waals surface area (Å²) >= 11 is 0. The minimum absolute atomic E-state index is 0.171. The van der Waals surface area contributed by atoms with Crippen LogP contribution in [0.1, 0.15) is 24.9 Å². The molecule has 0 saturated carbocycles. The van der Waals surface area contributed by atoms with Crippen LogP contribution in [0, 0.1) is 5.82 Å². The Morgan fingerprint density at radius 2 is 2.26 bits per heavy atom. The van der Waals surface area contributed by atoms with Crippen molar-refractivity contribution >= 4 is 5.69 Å². The number of anilines is 1. The number of methoxy groups -OCH3 is 1. The van der Waals surface area contributed by atoms with Gasteiger partial charge in [-0.05, 0) is 30.5 Å². The molecule has 3 nitrogen and oxygen atoms in total. The molecule has 2 rings (SSSR count). The van der Waals surface area contributed by atoms with Gasteiger partial charge < -0.3 is 15.4 Å². The molecule has 19 heavy (non-hydrogen) atoms. The molecular weight excluding hydrogens is 243 g/mol. The van der Waals surface area contributed by atoms with E-state index in [1.54, 1.807) is 13.2 Å². The number of nitrogens with two attached hydrogens (primary N) is 1. The minimum atomic E-state index is -0.196. The molecule has 2 N–H and O–H groups in total. The van der Waals surface area contributed by atoms with E-state index in [1.807, 2.05) is 17.9 Å². The van der Waals surface area contributed by atoms with Crippen LogP contribution < -0.4 is 10.6 Å². The number of ether oxygens (including phenoxy) is 1. The maximum Gasteiger partial charge on any atom is 0.146 e. The molecule has 1 aliphatic rings. The molecule has 0 bridgehead atoms. The molecule has 0 unspecified atom stereocenters. The highest BCUT2D eigenvalue weighted by Gasteiger charge is 2.20. The first-order valence-corrected chi connectivity index (χ1v) is 6.59. The van der Waals surface area contributed by atoms with Gasteiger partial charge in [-0.1, -0.05) is 18.2 Å². The number of halogens is 1. The van der Waals surface area contributed by atoms with E-state index in [9.17, 15) is 4.39 Å². The Labute approximate surface area is 113 Å². The number of rotatable bonds is 4. The van der Waals surface area contributed by atoms with Crippen molar-refractivity contribution in [2.75, 3.05) is 31.7 Å². The van der Waals surface area contributed by atoms with Crippen LogP contribution in [0.4, 0.5) is 10.1 Å². The summed E-state index contributed by atoms with van der Waals surface area (Å²) < 4.78 is 19.2. The largest absolute Gasteiger partial charge is 0.380 e. The molecule has 0 saturated heterocycles. The molecule has 0 aromatic heterocycles. The maximum atomic E-state index is 14.1. The second-order valence-electron chi connectivity index (χ2n) is 4.96. The van der Waals surface area contributed by atoms with E-state index in [1.165, 1.54) is 11.6 Å². The van der Waals surface area contributed by atoms with Gasteiger partial charge in [0.25, 0.3) is 0 Å². The summed E-state index contributed by atoms with van der Waals surface area (Å²) in [6, 6.07) is 4.94. The molecular formula is C15H21FN2O. The molecule has 0 spiro atoms. The van der Waals surface area contributed by atoms with Crippen LogP contribution in [-0.4, -0.2) is 26.8 Å². The zero-order chi connectivity index (χ0) is 13.8. The number of benzene rings is 1. The zero-order valence-electron chi connectivity index (χ0n) is 11.5. The van der Waals surface area contributed by atoms with Gasteiger partial charge >= 0.3 is 0 Å². The van der Waals surface area contributed by atoms with Crippen LogP contribution in [0.3, 0.4) is 0 Å². The maximum absolute atomic E-state index is 14.1. The zero-order valence-corrected chi connectivity index (χ0v) is 11.5. The summed E-state index contributed by atoms with van der Waals surface area (Å²) in [4.78, 5) is 2.05. The van der Waals surface area contributed by atoms with Gasteiger partial charge in [0, 0.05) is 26.2 Å². The fraction of sp³-hybridized carbons (Fsp3) is 0.467. The smallest absolute Gasteiger partial charge is 0.146 e. The van der Waals surface area contributed by atoms with E-state index in [-0.39, 0.29) is 11.9 Å². The first-order valence-electron chi connectivity index (χ1n) is 6.59. The number of hydrogen-bond acceptors (Lipinski definition) is 3. The van der Waals surface area contributed by atoms with Gasteiger partial charge in [-0.3, -0.25) is 0 Å². The first kappa shape index (κ1) is 14.0. The van der Waals surface area contributed by atoms with Crippen molar-refractivity contribution in [2.45, 2.75) is 19.4 Å². The predicted molar refractivity (Wildman–Crippen MR) is 75.8 cm³/mol. The Morgan fingerprint density at radius 3 is 2.84 bits per heavy atom. The number of para-hydroxylation sites is 1. The quantitative estimate of drug-likeness (QED) is 0.850. The second kappa shape index (κ2) is 6.17. The average Bonchev–Trinajstić information content (AvgIpc) is 2.40. The van der Waals surface area contributed by atoms with Gasteiger partial charge in [-0.15, -0.1) is 0 Å². The fourth-order valence-corrected chi connectivity index (χ4v) is 2.46. The third-order valence-corrected chi connectivity index (χ3v) is 3.46. The van der Waals surface area contributed by atoms with Gasteiger partial charge in [0.2, 0.25) is 0 Å². The van der Waals surface area contributed by atoms with Crippen LogP contribution >= 0.6 is 0 Å². The van der Waals surface area contributed by atoms with Crippen LogP contribution in [0.25, 0.3) is 0 Å². The van der Waals surface area contributed by atoms with Crippen molar-refractivity contribution in [1.29, 1.82) is 0 Å². The molecule has 1 aromatic carbocycles. The average molecular weight is 264 g/mol. The number of nitrogens with zero attached hydrogens (tertiary/aromatic N) is 1. The third-order valence-electron chi connectivity index (χ3n) is 3.46. The first-order chi connectivity index (χ1) is 9.13. The summed E-state index contributed by atoms with van der Waals surface area (Å²) in [6.07, 6.45) is 3.02. The molecule has 0 aliphatic carbocycles. The Kier molecular flexibility index (Phi) is 4.56. The van der Waals surface area contributed by atoms with Gasteiger partial charge in [-0.2, -0.15) is 0 Å². The lowest BCUT2D eigenvalue weighted by Gasteiger charge is -2.31. The van der Waals surface area contributed by atoms with E-state index < -0.39 is 0 Å². The molecule has 0 radical (unpaired) electrons. The van der Waals surface area contributed by atoms with E-state index in [0.717, 1.165) is 18.5 Å². The standard InChI is InChI=1S/C15H21FN2O/c1-11(17)13-4-3-5-14(16)15(13)18-8-6-12(7-9-18)10-19-2/h3-6,11H,7-10,17H2,1-2H3/t11-/m1/s1. The summed E-state index contributed by atoms with van der Waals surface area (Å²) in [5.74, 6) is -0.196. The monoisotopic (exact) mass is 264 g/mol. The number of hydrogen-bond donors (Lipinski definition) is 1. The lowest BCUT2D eigenvalue weighted by molar-refractivity contribution is 0.222. The van der Waals surface area contributed by atoms with Crippen molar-refractivity contribution in [1.82, 2.24) is 0 Å². The lowest BCUT2D eigenvalue weighted by Crippen LogP contribution is -2.31. The van der Waals surface area contributed by atoms with Crippen molar-refractivity contribution in [3.05, 3.63) is 41.2 Å². The Hall–Kier alpha value is -1.39. The van der Waals surface area contributed by atoms with Crippen LogP contribution in [-0.2, 0) is 4.74 Å². The highest BCUT2D eigenvalue weighted by atomic mass is 19.1. The third kappa shape index (κ3) is 3.14. The van der Waals surface area contributed by atoms with Gasteiger partial charge in [0.05, 0.1) is 12.3 Å². The lowest BCUT2D eigenvalue weighted by atomic mass is 10.0. The van der Waals surface area contributed by atoms with E-state index in [0.29, 0.717) is 18.8 Å². The molecule has 0 fully saturated rings. The Balaban J connectivity index is 2.24. The van der Waals surface area contributed by atoms with E-state index in [4.69, 9.17) is 10.5 Å². The van der Waals surface area contributed by atoms with Gasteiger partial charge in [0.15, 0.2) is 0 Å². The molecule has 1 atom stereocenters. The van der Waals surface area contributed by atoms with Crippen molar-refractivity contribution in [3.63, 3.8) is 0 Å². The molecule has 1 heterocycles. The van der Waals surface area contributed by atoms with Crippen LogP contribution in [0.5, 0.6) is 0 Å². The summed E-state index contributed by atoms with van der Waals surface area (Å²) in [7, 11) is 1.69. The summed E-state index contributed by atoms with van der Waals surface area (Å²) in [5, 5.41) is 0. The highest BCUT2D eigenvalue weighted by molar-refractivity contribution is 5.57. The fourth-order valence-electron chi connectivity index (χ4n) is 2.46. The second-order valence-corrected chi connectivity index (χ2v) is 4.96. The van der Waals surface area contributed by atoms with Crippen LogP contribution in [0.15, 0.2) is 29.8 Å². The molecule has 1 aliphatic heterocycles. The van der Waals surface area contributed by atoms with E-state index >= 15 is 0 Å². The highest BCUT2D eigenvalue weighted by Crippen LogP contribution is 2.30. The van der Waals surface area contributed by atoms with Crippen molar-refractivity contribution in [3.8, 4) is 0 Å². The molecule has 4 heteroatoms. The van der Waals surface area contributed by atoms with Crippen LogP contribution in [0.2, 0.25) is 0 Å². The molecule has 0 amide bonds. The van der Waals surface area contributed by atoms with Gasteiger partial charge in [-0.25, -0.2) is 4.39 Å². The minimum Gasteiger partial charge on any atom is -0.380 e. The topological polar surface area (TPSA) is 38.5 Å². The van der Waals surface area contributed by atoms with Crippen molar-refractivity contribution in [2.24, 2.45) is 5.73 Å².